The van der Waals surface area contributed by atoms with Gasteiger partial charge in [0.15, 0.2) is 0 Å². The van der Waals surface area contributed by atoms with Crippen LogP contribution in [0.15, 0.2) is 12.3 Å². The first-order valence-electron chi connectivity index (χ1n) is 18.0. The number of unbranched alkanes of at least 4 members (excludes halogenated alkanes) is 2. The van der Waals surface area contributed by atoms with Gasteiger partial charge in [-0.05, 0) is 107 Å². The van der Waals surface area contributed by atoms with E-state index in [-0.39, 0.29) is 50.7 Å². The van der Waals surface area contributed by atoms with E-state index in [9.17, 15) is 33.6 Å². The Labute approximate surface area is 337 Å². The molecule has 54 heavy (non-hydrogen) atoms. The minimum atomic E-state index is -1.05. The molecule has 1 aliphatic rings. The number of nitrogens with two attached hydrogens (primary N) is 1. The minimum absolute atomic E-state index is 0. The number of aliphatic carboxylic acids is 3. The Morgan fingerprint density at radius 3 is 1.61 bits per heavy atom. The first-order chi connectivity index (χ1) is 25.1. The highest BCUT2D eigenvalue weighted by molar-refractivity contribution is 7.98. The largest absolute Gasteiger partial charge is 1.00 e. The third kappa shape index (κ3) is 26.1. The maximum absolute atomic E-state index is 12.1. The predicted octanol–water partition coefficient (Wildman–Crippen LogP) is 5.10. The molecule has 7 N–H and O–H groups in total. The van der Waals surface area contributed by atoms with Crippen LogP contribution in [0, 0.1) is 17.8 Å². The van der Waals surface area contributed by atoms with Crippen molar-refractivity contribution in [3.8, 4) is 0 Å². The van der Waals surface area contributed by atoms with E-state index >= 15 is 0 Å². The number of carbonyl (C=O) groups is 7. The average molecular weight is 826 g/mol. The second-order valence-corrected chi connectivity index (χ2v) is 15.7. The van der Waals surface area contributed by atoms with E-state index in [4.69, 9.17) is 21.1 Å². The molecule has 1 rings (SSSR count). The first kappa shape index (κ1) is 55.6. The molecule has 17 heteroatoms. The summed E-state index contributed by atoms with van der Waals surface area (Å²) in [4.78, 5) is 80.3. The minimum Gasteiger partial charge on any atom is -0.480 e. The molecular weight excluding hydrogens is 757 g/mol. The van der Waals surface area contributed by atoms with Crippen molar-refractivity contribution >= 4 is 77.2 Å². The molecule has 0 fully saturated rings. The summed E-state index contributed by atoms with van der Waals surface area (Å²) in [7, 11) is 0. The number of amides is 3. The second-order valence-electron chi connectivity index (χ2n) is 12.8. The maximum Gasteiger partial charge on any atom is 1.00 e. The van der Waals surface area contributed by atoms with E-state index in [2.05, 4.69) is 10.6 Å². The average Bonchev–Trinajstić information content (AvgIpc) is 3.14. The van der Waals surface area contributed by atoms with E-state index < -0.39 is 36.0 Å². The quantitative estimate of drug-likeness (QED) is 0.0520. The van der Waals surface area contributed by atoms with Crippen LogP contribution in [0.5, 0.6) is 0 Å². The van der Waals surface area contributed by atoms with Crippen LogP contribution in [0.2, 0.25) is 0 Å². The highest BCUT2D eigenvalue weighted by Crippen LogP contribution is 2.20. The first-order valence-corrected chi connectivity index (χ1v) is 22.2. The number of hydrogen-bond acceptors (Lipinski definition) is 11. The zero-order valence-corrected chi connectivity index (χ0v) is 34.7. The van der Waals surface area contributed by atoms with Gasteiger partial charge in [-0.1, -0.05) is 34.3 Å². The standard InChI is InChI=1S/C12H24N2O3S.C12H21NO4S.C12H19NO3S.CH4/c1-9(6-8-18-2)11(15)14-10(12(16)17)5-3-4-7-13;1-9(6-8-18-2)11(15)13-10(12(16)17)5-3-4-7-14;1-9(6-8-17-2)11(14)13-7-4-3-5-10(13)12(15)16;/h9-10H,3-8,13H2,1-2H3,(H,14,15)(H,16,17);7,9-10H,3-6,8H2,1-2H3,(H,13,15)(H,16,17);4,7,9-10H,3,5-6,8H2,1-2H3,(H,15,16);1H4/p+1/t3*9-,10?;/m000./s1. The molecule has 3 unspecified atom stereocenters. The van der Waals surface area contributed by atoms with Crippen molar-refractivity contribution in [3.63, 3.8) is 0 Å². The predicted molar refractivity (Wildman–Crippen MR) is 223 cm³/mol. The third-order valence-corrected chi connectivity index (χ3v) is 10.3. The van der Waals surface area contributed by atoms with Crippen LogP contribution in [0.1, 0.15) is 100 Å². The van der Waals surface area contributed by atoms with Gasteiger partial charge >= 0.3 is 19.3 Å². The van der Waals surface area contributed by atoms with Gasteiger partial charge in [0.2, 0.25) is 17.7 Å². The van der Waals surface area contributed by atoms with E-state index in [0.717, 1.165) is 55.6 Å². The number of carboxylic acid groups (broad SMARTS) is 3. The number of carboxylic acids is 3. The Hall–Kier alpha value is -2.76. The Balaban J connectivity index is -0.000000348. The lowest BCUT2D eigenvalue weighted by Crippen LogP contribution is -2.45. The van der Waals surface area contributed by atoms with Crippen LogP contribution >= 0.6 is 35.3 Å². The summed E-state index contributed by atoms with van der Waals surface area (Å²) in [6.07, 6.45) is 16.7. The van der Waals surface area contributed by atoms with Gasteiger partial charge in [0, 0.05) is 30.4 Å². The van der Waals surface area contributed by atoms with Crippen molar-refractivity contribution in [2.75, 3.05) is 42.6 Å². The van der Waals surface area contributed by atoms with Crippen molar-refractivity contribution < 1.29 is 50.3 Å². The molecule has 0 aliphatic carbocycles. The summed E-state index contributed by atoms with van der Waals surface area (Å²) in [5.41, 5.74) is 5.36. The van der Waals surface area contributed by atoms with Crippen molar-refractivity contribution in [3.05, 3.63) is 12.3 Å². The van der Waals surface area contributed by atoms with Crippen LogP contribution in [0.4, 0.5) is 0 Å². The highest BCUT2D eigenvalue weighted by Gasteiger charge is 2.31. The third-order valence-electron chi connectivity index (χ3n) is 8.32. The molecule has 6 atom stereocenters. The summed E-state index contributed by atoms with van der Waals surface area (Å²) in [5.74, 6) is -1.19. The van der Waals surface area contributed by atoms with E-state index in [1.54, 1.807) is 48.4 Å². The Kier molecular flexibility index (Phi) is 35.7. The zero-order chi connectivity index (χ0) is 40.8. The molecule has 3 amide bonds. The number of carbonyl (C=O) groups excluding carboxylic acids is 4. The Morgan fingerprint density at radius 2 is 1.22 bits per heavy atom. The lowest BCUT2D eigenvalue weighted by Gasteiger charge is -2.30. The Morgan fingerprint density at radius 1 is 0.778 bits per heavy atom. The summed E-state index contributed by atoms with van der Waals surface area (Å²) in [6, 6.07) is -2.38. The number of rotatable bonds is 25. The van der Waals surface area contributed by atoms with Gasteiger partial charge < -0.3 is 41.4 Å². The fourth-order valence-electron chi connectivity index (χ4n) is 4.72. The number of aldehydes is 1. The lowest BCUT2D eigenvalue weighted by molar-refractivity contribution is -0.149. The molecule has 0 aromatic carbocycles. The van der Waals surface area contributed by atoms with Crippen LogP contribution in [0.3, 0.4) is 0 Å². The van der Waals surface area contributed by atoms with Gasteiger partial charge in [0.05, 0.1) is 0 Å². The molecule has 0 saturated carbocycles. The zero-order valence-electron chi connectivity index (χ0n) is 33.3. The topological polar surface area (TPSA) is 233 Å². The number of nitrogens with zero attached hydrogens (tertiary/aromatic N) is 1. The molecule has 14 nitrogen and oxygen atoms in total. The van der Waals surface area contributed by atoms with Crippen molar-refractivity contribution in [2.24, 2.45) is 23.5 Å². The highest BCUT2D eigenvalue weighted by atomic mass is 32.2. The smallest absolute Gasteiger partial charge is 0.480 e. The number of nitrogens with one attached hydrogen (secondary N) is 2. The van der Waals surface area contributed by atoms with Crippen LogP contribution in [0.25, 0.3) is 0 Å². The molecule has 0 saturated heterocycles. The van der Waals surface area contributed by atoms with E-state index in [1.165, 1.54) is 4.90 Å². The summed E-state index contributed by atoms with van der Waals surface area (Å²) >= 11 is 5.03. The summed E-state index contributed by atoms with van der Waals surface area (Å²) in [6.45, 7) is 6.02. The molecule has 0 radical (unpaired) electrons. The van der Waals surface area contributed by atoms with E-state index in [1.807, 2.05) is 38.7 Å². The number of thioether (sulfide) groups is 3. The molecule has 0 aromatic rings. The van der Waals surface area contributed by atoms with Gasteiger partial charge in [-0.25, -0.2) is 14.4 Å². The van der Waals surface area contributed by atoms with Gasteiger partial charge in [-0.15, -0.1) is 0 Å². The van der Waals surface area contributed by atoms with Gasteiger partial charge in [-0.3, -0.25) is 14.4 Å². The van der Waals surface area contributed by atoms with E-state index in [0.29, 0.717) is 38.6 Å². The SMILES string of the molecule is C.CSCC[C@H](C)C(=O)N1C=CCCC1C(=O)O.CSCC[C@H](C)C(=O)NC(CCCC=O)C(=O)O.CSCC[C@H](C)C(=O)NC(CCCCN)C(=O)O.[H+]. The maximum atomic E-state index is 12.1. The lowest BCUT2D eigenvalue weighted by atomic mass is 10.0. The van der Waals surface area contributed by atoms with Crippen molar-refractivity contribution in [2.45, 2.75) is 117 Å². The molecule has 0 aromatic heterocycles. The summed E-state index contributed by atoms with van der Waals surface area (Å²) < 4.78 is 0. The van der Waals surface area contributed by atoms with Gasteiger partial charge in [0.1, 0.15) is 24.4 Å². The molecule has 1 aliphatic heterocycles. The molecule has 1 heterocycles. The van der Waals surface area contributed by atoms with Crippen LogP contribution in [-0.2, 0) is 33.6 Å². The molecule has 314 valence electrons. The van der Waals surface area contributed by atoms with Crippen LogP contribution in [-0.4, -0.2) is 123 Å². The second kappa shape index (κ2) is 34.7. The molecule has 0 bridgehead atoms. The summed E-state index contributed by atoms with van der Waals surface area (Å²) in [5, 5.41) is 32.2. The monoisotopic (exact) mass is 825 g/mol. The van der Waals surface area contributed by atoms with Crippen molar-refractivity contribution in [1.82, 2.24) is 15.5 Å². The number of allylic oxidation sites excluding steroid dienone is 1. The van der Waals surface area contributed by atoms with Crippen LogP contribution < -0.4 is 16.4 Å². The van der Waals surface area contributed by atoms with Gasteiger partial charge in [0.25, 0.3) is 0 Å². The molecule has 0 spiro atoms. The fraction of sp³-hybridized carbons (Fsp3) is 0.757. The molecular formula is C37H69N4O10S3+. The normalized spacial score (nSPS) is 15.9. The Bertz CT molecular complexity index is 1140. The number of hydrogen-bond donors (Lipinski definition) is 6. The fourth-order valence-corrected chi connectivity index (χ4v) is 6.49. The van der Waals surface area contributed by atoms with Gasteiger partial charge in [-0.2, -0.15) is 35.3 Å². The van der Waals surface area contributed by atoms with Crippen molar-refractivity contribution in [1.29, 1.82) is 0 Å².